The molecule has 146 valence electrons. The summed E-state index contributed by atoms with van der Waals surface area (Å²) >= 11 is 0. The van der Waals surface area contributed by atoms with Gasteiger partial charge in [0.2, 0.25) is 10.0 Å². The van der Waals surface area contributed by atoms with Crippen LogP contribution in [0, 0.1) is 0 Å². The molecule has 0 atom stereocenters. The summed E-state index contributed by atoms with van der Waals surface area (Å²) in [5.41, 5.74) is 0.862. The van der Waals surface area contributed by atoms with Crippen LogP contribution < -0.4 is 14.9 Å². The zero-order valence-corrected chi connectivity index (χ0v) is 16.3. The Morgan fingerprint density at radius 1 is 1.23 bits per heavy atom. The number of anilines is 1. The van der Waals surface area contributed by atoms with Crippen molar-refractivity contribution in [2.24, 2.45) is 4.99 Å². The number of hydrogen-bond acceptors (Lipinski definition) is 5. The van der Waals surface area contributed by atoms with Gasteiger partial charge in [0.15, 0.2) is 5.96 Å². The Morgan fingerprint density at radius 2 is 1.92 bits per heavy atom. The molecule has 3 N–H and O–H groups in total. The van der Waals surface area contributed by atoms with Crippen LogP contribution in [0.25, 0.3) is 0 Å². The van der Waals surface area contributed by atoms with Gasteiger partial charge in [-0.1, -0.05) is 12.1 Å². The van der Waals surface area contributed by atoms with Crippen LogP contribution in [-0.2, 0) is 10.0 Å². The second-order valence-electron chi connectivity index (χ2n) is 6.22. The first-order chi connectivity index (χ1) is 12.4. The number of benzene rings is 1. The first-order valence-electron chi connectivity index (χ1n) is 8.91. The maximum absolute atomic E-state index is 11.1. The molecule has 26 heavy (non-hydrogen) atoms. The number of guanidine groups is 1. The van der Waals surface area contributed by atoms with Crippen molar-refractivity contribution < 1.29 is 13.5 Å². The molecule has 1 aliphatic rings. The number of aliphatic imine (C=N–C) groups is 1. The van der Waals surface area contributed by atoms with Crippen LogP contribution in [0.4, 0.5) is 5.69 Å². The summed E-state index contributed by atoms with van der Waals surface area (Å²) in [6, 6.07) is 7.39. The molecule has 0 unspecified atom stereocenters. The minimum atomic E-state index is -3.14. The van der Waals surface area contributed by atoms with Crippen molar-refractivity contribution in [1.29, 1.82) is 0 Å². The molecular weight excluding hydrogens is 354 g/mol. The van der Waals surface area contributed by atoms with Crippen molar-refractivity contribution in [2.75, 3.05) is 57.0 Å². The maximum Gasteiger partial charge on any atom is 0.208 e. The summed E-state index contributed by atoms with van der Waals surface area (Å²) in [6.07, 6.45) is 1.81. The fourth-order valence-corrected chi connectivity index (χ4v) is 3.35. The number of piperazine rings is 1. The van der Waals surface area contributed by atoms with Gasteiger partial charge in [-0.15, -0.1) is 0 Å². The molecule has 0 aromatic heterocycles. The van der Waals surface area contributed by atoms with E-state index in [0.29, 0.717) is 25.3 Å². The van der Waals surface area contributed by atoms with Gasteiger partial charge in [-0.05, 0) is 25.5 Å². The molecule has 1 aromatic carbocycles. The Bertz CT molecular complexity index is 700. The number of phenols is 1. The predicted molar refractivity (Wildman–Crippen MR) is 105 cm³/mol. The number of nitrogens with one attached hydrogen (secondary N) is 2. The van der Waals surface area contributed by atoms with Gasteiger partial charge in [0.1, 0.15) is 5.75 Å². The van der Waals surface area contributed by atoms with Gasteiger partial charge in [-0.2, -0.15) is 0 Å². The average Bonchev–Trinajstić information content (AvgIpc) is 2.60. The van der Waals surface area contributed by atoms with Crippen molar-refractivity contribution in [2.45, 2.75) is 13.3 Å². The van der Waals surface area contributed by atoms with Gasteiger partial charge in [0.25, 0.3) is 0 Å². The fraction of sp³-hybridized carbons (Fsp3) is 0.588. The monoisotopic (exact) mass is 383 g/mol. The molecule has 1 aliphatic heterocycles. The molecule has 1 fully saturated rings. The minimum absolute atomic E-state index is 0.305. The van der Waals surface area contributed by atoms with E-state index in [1.54, 1.807) is 6.07 Å². The molecule has 1 saturated heterocycles. The summed E-state index contributed by atoms with van der Waals surface area (Å²) < 4.78 is 24.6. The van der Waals surface area contributed by atoms with Crippen molar-refractivity contribution in [1.82, 2.24) is 14.9 Å². The van der Waals surface area contributed by atoms with Gasteiger partial charge in [0, 0.05) is 45.8 Å². The molecule has 0 radical (unpaired) electrons. The highest BCUT2D eigenvalue weighted by molar-refractivity contribution is 7.88. The number of hydrogen-bond donors (Lipinski definition) is 3. The Morgan fingerprint density at radius 3 is 2.54 bits per heavy atom. The molecule has 9 heteroatoms. The smallest absolute Gasteiger partial charge is 0.208 e. The van der Waals surface area contributed by atoms with E-state index in [1.165, 1.54) is 0 Å². The predicted octanol–water partition coefficient (Wildman–Crippen LogP) is 0.419. The molecule has 0 amide bonds. The van der Waals surface area contributed by atoms with Crippen LogP contribution in [0.3, 0.4) is 0 Å². The Balaban J connectivity index is 1.87. The molecule has 1 aromatic rings. The second-order valence-corrected chi connectivity index (χ2v) is 8.05. The zero-order chi connectivity index (χ0) is 19.0. The number of para-hydroxylation sites is 2. The average molecular weight is 384 g/mol. The summed E-state index contributed by atoms with van der Waals surface area (Å²) in [6.45, 7) is 6.98. The van der Waals surface area contributed by atoms with Gasteiger partial charge < -0.3 is 20.2 Å². The summed E-state index contributed by atoms with van der Waals surface area (Å²) in [7, 11) is -3.14. The van der Waals surface area contributed by atoms with E-state index in [4.69, 9.17) is 0 Å². The summed E-state index contributed by atoms with van der Waals surface area (Å²) in [5.74, 6) is 1.16. The lowest BCUT2D eigenvalue weighted by molar-refractivity contribution is 0.370. The van der Waals surface area contributed by atoms with E-state index < -0.39 is 10.0 Å². The number of aromatic hydroxyl groups is 1. The first-order valence-corrected chi connectivity index (χ1v) is 10.8. The highest BCUT2D eigenvalue weighted by Crippen LogP contribution is 2.27. The standard InChI is InChI=1S/C17H29N5O3S/c1-3-18-17(19-9-6-10-20-26(2,24)25)22-13-11-21(12-14-22)15-7-4-5-8-16(15)23/h4-5,7-8,20,23H,3,6,9-14H2,1-2H3,(H,18,19). The van der Waals surface area contributed by atoms with Crippen LogP contribution in [0.2, 0.25) is 0 Å². The van der Waals surface area contributed by atoms with Gasteiger partial charge in [-0.3, -0.25) is 4.99 Å². The zero-order valence-electron chi connectivity index (χ0n) is 15.5. The van der Waals surface area contributed by atoms with E-state index in [0.717, 1.165) is 50.6 Å². The minimum Gasteiger partial charge on any atom is -0.506 e. The van der Waals surface area contributed by atoms with Crippen molar-refractivity contribution in [3.05, 3.63) is 24.3 Å². The molecule has 0 saturated carbocycles. The lowest BCUT2D eigenvalue weighted by Crippen LogP contribution is -2.52. The number of rotatable bonds is 7. The molecule has 8 nitrogen and oxygen atoms in total. The van der Waals surface area contributed by atoms with Crippen LogP contribution in [0.15, 0.2) is 29.3 Å². The third-order valence-electron chi connectivity index (χ3n) is 4.10. The fourth-order valence-electron chi connectivity index (χ4n) is 2.84. The SMILES string of the molecule is CCNC(=NCCCNS(C)(=O)=O)N1CCN(c2ccccc2O)CC1. The summed E-state index contributed by atoms with van der Waals surface area (Å²) in [5, 5.41) is 13.3. The van der Waals surface area contributed by atoms with Crippen LogP contribution in [-0.4, -0.2) is 76.5 Å². The van der Waals surface area contributed by atoms with Crippen LogP contribution >= 0.6 is 0 Å². The lowest BCUT2D eigenvalue weighted by atomic mass is 10.2. The highest BCUT2D eigenvalue weighted by atomic mass is 32.2. The second kappa shape index (κ2) is 9.63. The van der Waals surface area contributed by atoms with E-state index in [2.05, 4.69) is 24.8 Å². The van der Waals surface area contributed by atoms with E-state index in [1.807, 2.05) is 25.1 Å². The van der Waals surface area contributed by atoms with Gasteiger partial charge in [-0.25, -0.2) is 13.1 Å². The molecule has 1 heterocycles. The number of nitrogens with zero attached hydrogens (tertiary/aromatic N) is 3. The molecule has 0 aliphatic carbocycles. The Labute approximate surface area is 156 Å². The first kappa shape index (κ1) is 20.3. The quantitative estimate of drug-likeness (QED) is 0.359. The van der Waals surface area contributed by atoms with Crippen LogP contribution in [0.1, 0.15) is 13.3 Å². The Hall–Kier alpha value is -2.00. The third kappa shape index (κ3) is 6.38. The van der Waals surface area contributed by atoms with Crippen molar-refractivity contribution in [3.63, 3.8) is 0 Å². The molecule has 0 spiro atoms. The maximum atomic E-state index is 11.1. The molecule has 0 bridgehead atoms. The molecular formula is C17H29N5O3S. The summed E-state index contributed by atoms with van der Waals surface area (Å²) in [4.78, 5) is 8.97. The lowest BCUT2D eigenvalue weighted by Gasteiger charge is -2.37. The highest BCUT2D eigenvalue weighted by Gasteiger charge is 2.21. The van der Waals surface area contributed by atoms with Crippen molar-refractivity contribution >= 4 is 21.7 Å². The van der Waals surface area contributed by atoms with Crippen LogP contribution in [0.5, 0.6) is 5.75 Å². The van der Waals surface area contributed by atoms with E-state index >= 15 is 0 Å². The molecule has 2 rings (SSSR count). The van der Waals surface area contributed by atoms with Gasteiger partial charge >= 0.3 is 0 Å². The normalized spacial score (nSPS) is 16.0. The van der Waals surface area contributed by atoms with Gasteiger partial charge in [0.05, 0.1) is 11.9 Å². The Kier molecular flexibility index (Phi) is 7.52. The van der Waals surface area contributed by atoms with E-state index in [-0.39, 0.29) is 0 Å². The topological polar surface area (TPSA) is 97.3 Å². The number of sulfonamides is 1. The number of phenolic OH excluding ortho intramolecular Hbond substituents is 1. The van der Waals surface area contributed by atoms with Crippen molar-refractivity contribution in [3.8, 4) is 5.75 Å². The van der Waals surface area contributed by atoms with E-state index in [9.17, 15) is 13.5 Å². The third-order valence-corrected chi connectivity index (χ3v) is 4.83. The largest absolute Gasteiger partial charge is 0.506 e.